The molecule has 7 N–H and O–H groups in total. The third-order valence-electron chi connectivity index (χ3n) is 4.64. The fraction of sp³-hybridized carbons (Fsp3) is 0.438. The van der Waals surface area contributed by atoms with E-state index < -0.39 is 11.7 Å². The lowest BCUT2D eigenvalue weighted by Crippen LogP contribution is -2.43. The molecule has 3 rings (SSSR count). The monoisotopic (exact) mass is 332 g/mol. The van der Waals surface area contributed by atoms with Crippen molar-refractivity contribution in [2.45, 2.75) is 44.3 Å². The Morgan fingerprint density at radius 1 is 1.42 bits per heavy atom. The maximum atomic E-state index is 14.8. The second kappa shape index (κ2) is 6.56. The number of carbonyl (C=O) groups is 1. The Hall–Kier alpha value is -2.48. The molecule has 0 spiro atoms. The summed E-state index contributed by atoms with van der Waals surface area (Å²) in [6.07, 6.45) is 6.01. The molecule has 1 amide bonds. The molecule has 24 heavy (non-hydrogen) atoms. The first-order valence-electron chi connectivity index (χ1n) is 8.02. The lowest BCUT2D eigenvalue weighted by Gasteiger charge is -2.30. The van der Waals surface area contributed by atoms with E-state index in [0.717, 1.165) is 31.9 Å². The molecular weight excluding hydrogens is 311 g/mol. The molecule has 1 saturated carbocycles. The smallest absolute Gasteiger partial charge is 0.254 e. The van der Waals surface area contributed by atoms with Crippen molar-refractivity contribution in [2.75, 3.05) is 5.32 Å². The van der Waals surface area contributed by atoms with Crippen molar-refractivity contribution in [1.29, 1.82) is 5.41 Å². The highest BCUT2D eigenvalue weighted by Gasteiger charge is 2.32. The standard InChI is InChI=1S/C16H21FN6O/c17-13-9-7-21-16(24)12(9)14(8(5-18)6-19)23-15(13)22-11-4-2-1-3-10(11)20/h5-6,10-11,18H,1-4,7,19-20H2,(H,21,24)(H,22,23)/t10-,11?/m0/s1. The van der Waals surface area contributed by atoms with Gasteiger partial charge in [-0.2, -0.15) is 0 Å². The number of pyridine rings is 1. The van der Waals surface area contributed by atoms with Crippen LogP contribution in [0.25, 0.3) is 5.57 Å². The van der Waals surface area contributed by atoms with Gasteiger partial charge in [0, 0.05) is 42.2 Å². The molecule has 0 saturated heterocycles. The number of aromatic nitrogens is 1. The summed E-state index contributed by atoms with van der Waals surface area (Å²) in [7, 11) is 0. The molecule has 1 aliphatic carbocycles. The number of hydrogen-bond acceptors (Lipinski definition) is 6. The Balaban J connectivity index is 2.06. The summed E-state index contributed by atoms with van der Waals surface area (Å²) in [5.74, 6) is -0.899. The van der Waals surface area contributed by atoms with Crippen LogP contribution < -0.4 is 22.1 Å². The molecule has 1 fully saturated rings. The molecule has 0 radical (unpaired) electrons. The number of hydrogen-bond donors (Lipinski definition) is 5. The van der Waals surface area contributed by atoms with Gasteiger partial charge in [0.1, 0.15) is 0 Å². The second-order valence-electron chi connectivity index (χ2n) is 6.12. The Bertz CT molecular complexity index is 717. The van der Waals surface area contributed by atoms with Crippen molar-refractivity contribution in [3.8, 4) is 0 Å². The third kappa shape index (κ3) is 2.73. The molecule has 1 unspecified atom stereocenters. The maximum Gasteiger partial charge on any atom is 0.254 e. The minimum Gasteiger partial charge on any atom is -0.404 e. The van der Waals surface area contributed by atoms with Gasteiger partial charge >= 0.3 is 0 Å². The molecule has 128 valence electrons. The predicted octanol–water partition coefficient (Wildman–Crippen LogP) is 1.10. The van der Waals surface area contributed by atoms with E-state index in [2.05, 4.69) is 15.6 Å². The van der Waals surface area contributed by atoms with E-state index in [4.69, 9.17) is 16.9 Å². The lowest BCUT2D eigenvalue weighted by molar-refractivity contribution is 0.0965. The molecule has 2 aliphatic rings. The highest BCUT2D eigenvalue weighted by molar-refractivity contribution is 6.13. The zero-order chi connectivity index (χ0) is 17.3. The SMILES string of the molecule is N=CC(=CN)c1nc(NC2CCCC[C@@H]2N)c(F)c2c1C(=O)NC2. The number of fused-ring (bicyclic) bond motifs is 1. The molecule has 7 nitrogen and oxygen atoms in total. The van der Waals surface area contributed by atoms with Crippen LogP contribution in [-0.4, -0.2) is 29.2 Å². The minimum atomic E-state index is -0.550. The first kappa shape index (κ1) is 16.4. The summed E-state index contributed by atoms with van der Waals surface area (Å²) in [5, 5.41) is 13.1. The summed E-state index contributed by atoms with van der Waals surface area (Å²) < 4.78 is 14.8. The van der Waals surface area contributed by atoms with Gasteiger partial charge in [-0.05, 0) is 12.8 Å². The Labute approximate surface area is 139 Å². The number of nitrogens with zero attached hydrogens (tertiary/aromatic N) is 1. The van der Waals surface area contributed by atoms with Crippen molar-refractivity contribution in [2.24, 2.45) is 11.5 Å². The number of halogens is 1. The fourth-order valence-electron chi connectivity index (χ4n) is 3.29. The second-order valence-corrected chi connectivity index (χ2v) is 6.12. The number of allylic oxidation sites excluding steroid dienone is 1. The van der Waals surface area contributed by atoms with Crippen molar-refractivity contribution in [3.05, 3.63) is 28.8 Å². The van der Waals surface area contributed by atoms with E-state index in [-0.39, 0.29) is 46.8 Å². The van der Waals surface area contributed by atoms with E-state index in [1.54, 1.807) is 0 Å². The number of nitrogens with two attached hydrogens (primary N) is 2. The number of rotatable bonds is 4. The van der Waals surface area contributed by atoms with Gasteiger partial charge in [-0.25, -0.2) is 9.37 Å². The van der Waals surface area contributed by atoms with Crippen LogP contribution in [0.1, 0.15) is 47.3 Å². The van der Waals surface area contributed by atoms with E-state index in [1.807, 2.05) is 0 Å². The lowest BCUT2D eigenvalue weighted by atomic mass is 9.91. The Kier molecular flexibility index (Phi) is 4.48. The van der Waals surface area contributed by atoms with Gasteiger partial charge < -0.3 is 27.5 Å². The normalized spacial score (nSPS) is 23.6. The Morgan fingerprint density at radius 3 is 2.83 bits per heavy atom. The average molecular weight is 332 g/mol. The largest absolute Gasteiger partial charge is 0.404 e. The van der Waals surface area contributed by atoms with E-state index in [1.165, 1.54) is 6.20 Å². The van der Waals surface area contributed by atoms with Gasteiger partial charge in [0.25, 0.3) is 5.91 Å². The minimum absolute atomic E-state index is 0.0591. The maximum absolute atomic E-state index is 14.8. The summed E-state index contributed by atoms with van der Waals surface area (Å²) in [5.41, 5.74) is 12.5. The van der Waals surface area contributed by atoms with Gasteiger partial charge in [0.2, 0.25) is 0 Å². The zero-order valence-electron chi connectivity index (χ0n) is 13.2. The van der Waals surface area contributed by atoms with E-state index >= 15 is 0 Å². The summed E-state index contributed by atoms with van der Waals surface area (Å²) in [4.78, 5) is 16.3. The van der Waals surface area contributed by atoms with E-state index in [0.29, 0.717) is 0 Å². The third-order valence-corrected chi connectivity index (χ3v) is 4.64. The van der Waals surface area contributed by atoms with Crippen molar-refractivity contribution in [3.63, 3.8) is 0 Å². The van der Waals surface area contributed by atoms with Crippen LogP contribution in [-0.2, 0) is 6.54 Å². The van der Waals surface area contributed by atoms with Gasteiger partial charge in [-0.3, -0.25) is 4.79 Å². The van der Waals surface area contributed by atoms with Gasteiger partial charge in [0.15, 0.2) is 11.6 Å². The highest BCUT2D eigenvalue weighted by Crippen LogP contribution is 2.31. The topological polar surface area (TPSA) is 130 Å². The molecule has 2 heterocycles. The molecule has 1 aromatic heterocycles. The number of anilines is 1. The summed E-state index contributed by atoms with van der Waals surface area (Å²) in [6, 6.07) is -0.134. The summed E-state index contributed by atoms with van der Waals surface area (Å²) in [6.45, 7) is 0.0940. The molecule has 1 aliphatic heterocycles. The molecule has 1 aromatic rings. The first-order valence-corrected chi connectivity index (χ1v) is 8.02. The van der Waals surface area contributed by atoms with Crippen LogP contribution in [0, 0.1) is 11.2 Å². The molecule has 8 heteroatoms. The van der Waals surface area contributed by atoms with E-state index in [9.17, 15) is 9.18 Å². The van der Waals surface area contributed by atoms with Crippen LogP contribution >= 0.6 is 0 Å². The van der Waals surface area contributed by atoms with Crippen molar-refractivity contribution >= 4 is 23.5 Å². The predicted molar refractivity (Wildman–Crippen MR) is 90.2 cm³/mol. The quantitative estimate of drug-likeness (QED) is 0.527. The van der Waals surface area contributed by atoms with Crippen LogP contribution in [0.15, 0.2) is 6.20 Å². The molecule has 0 bridgehead atoms. The number of nitrogens with one attached hydrogen (secondary N) is 3. The molecular formula is C16H21FN6O. The van der Waals surface area contributed by atoms with Crippen LogP contribution in [0.4, 0.5) is 10.2 Å². The van der Waals surface area contributed by atoms with Crippen LogP contribution in [0.5, 0.6) is 0 Å². The van der Waals surface area contributed by atoms with Gasteiger partial charge in [-0.1, -0.05) is 12.8 Å². The number of amides is 1. The van der Waals surface area contributed by atoms with Crippen LogP contribution in [0.2, 0.25) is 0 Å². The van der Waals surface area contributed by atoms with Crippen LogP contribution in [0.3, 0.4) is 0 Å². The van der Waals surface area contributed by atoms with Gasteiger partial charge in [0.05, 0.1) is 11.3 Å². The van der Waals surface area contributed by atoms with Crippen molar-refractivity contribution in [1.82, 2.24) is 10.3 Å². The first-order chi connectivity index (χ1) is 11.6. The molecule has 0 aromatic carbocycles. The Morgan fingerprint density at radius 2 is 2.17 bits per heavy atom. The fourth-order valence-corrected chi connectivity index (χ4v) is 3.29. The zero-order valence-corrected chi connectivity index (χ0v) is 13.2. The highest BCUT2D eigenvalue weighted by atomic mass is 19.1. The van der Waals surface area contributed by atoms with Gasteiger partial charge in [-0.15, -0.1) is 0 Å². The average Bonchev–Trinajstić information content (AvgIpc) is 2.97. The molecule has 2 atom stereocenters. The summed E-state index contributed by atoms with van der Waals surface area (Å²) >= 11 is 0. The number of carbonyl (C=O) groups excluding carboxylic acids is 1. The van der Waals surface area contributed by atoms with Crippen molar-refractivity contribution < 1.29 is 9.18 Å².